The van der Waals surface area contributed by atoms with Gasteiger partial charge in [-0.05, 0) is 13.0 Å². The fourth-order valence-electron chi connectivity index (χ4n) is 3.20. The zero-order valence-corrected chi connectivity index (χ0v) is 13.8. The Kier molecular flexibility index (Phi) is 3.28. The fraction of sp³-hybridized carbons (Fsp3) is 0.294. The molecule has 5 nitrogen and oxygen atoms in total. The summed E-state index contributed by atoms with van der Waals surface area (Å²) in [6, 6.07) is 8.00. The van der Waals surface area contributed by atoms with Crippen LogP contribution in [0.5, 0.6) is 0 Å². The van der Waals surface area contributed by atoms with Crippen molar-refractivity contribution in [3.63, 3.8) is 0 Å². The highest BCUT2D eigenvalue weighted by molar-refractivity contribution is 6.36. The Labute approximate surface area is 138 Å². The third-order valence-corrected chi connectivity index (χ3v) is 4.98. The molecule has 118 valence electrons. The summed E-state index contributed by atoms with van der Waals surface area (Å²) in [5, 5.41) is 1.79. The van der Waals surface area contributed by atoms with E-state index in [1.54, 1.807) is 11.6 Å². The minimum Gasteiger partial charge on any atom is -0.356 e. The van der Waals surface area contributed by atoms with Crippen LogP contribution in [-0.2, 0) is 26.7 Å². The number of benzene rings is 1. The number of para-hydroxylation sites is 1. The molecule has 0 aliphatic carbocycles. The topological polar surface area (TPSA) is 53.9 Å². The van der Waals surface area contributed by atoms with Crippen LogP contribution < -0.4 is 5.56 Å². The number of nitrogens with zero attached hydrogens (tertiary/aromatic N) is 3. The van der Waals surface area contributed by atoms with Gasteiger partial charge >= 0.3 is 0 Å². The zero-order valence-electron chi connectivity index (χ0n) is 13.1. The van der Waals surface area contributed by atoms with Crippen LogP contribution in [0.2, 0.25) is 5.02 Å². The van der Waals surface area contributed by atoms with Gasteiger partial charge in [-0.15, -0.1) is 0 Å². The highest BCUT2D eigenvalue weighted by Crippen LogP contribution is 2.29. The number of rotatable bonds is 2. The minimum absolute atomic E-state index is 0.0535. The zero-order chi connectivity index (χ0) is 16.1. The summed E-state index contributed by atoms with van der Waals surface area (Å²) >= 11 is 6.49. The number of fused-ring (bicyclic) bond motifs is 2. The quantitative estimate of drug-likeness (QED) is 0.787. The van der Waals surface area contributed by atoms with Crippen LogP contribution in [-0.4, -0.2) is 19.4 Å². The fourth-order valence-corrected chi connectivity index (χ4v) is 3.47. The molecule has 0 radical (unpaired) electrons. The highest BCUT2D eigenvalue weighted by atomic mass is 35.5. The van der Waals surface area contributed by atoms with Crippen LogP contribution in [0.25, 0.3) is 10.9 Å². The molecule has 0 saturated heterocycles. The second-order valence-corrected chi connectivity index (χ2v) is 6.43. The van der Waals surface area contributed by atoms with Crippen LogP contribution in [0.1, 0.15) is 22.8 Å². The molecular weight excluding hydrogens is 312 g/mol. The largest absolute Gasteiger partial charge is 0.356 e. The molecule has 2 aromatic heterocycles. The van der Waals surface area contributed by atoms with Crippen molar-refractivity contribution in [2.45, 2.75) is 26.6 Å². The van der Waals surface area contributed by atoms with Gasteiger partial charge in [-0.2, -0.15) is 0 Å². The molecule has 0 fully saturated rings. The van der Waals surface area contributed by atoms with E-state index in [-0.39, 0.29) is 5.56 Å². The van der Waals surface area contributed by atoms with Crippen molar-refractivity contribution in [1.29, 1.82) is 0 Å². The molecule has 1 aliphatic heterocycles. The normalized spacial score (nSPS) is 14.6. The number of hydrogen-bond acceptors (Lipinski definition) is 3. The third-order valence-electron chi connectivity index (χ3n) is 4.54. The summed E-state index contributed by atoms with van der Waals surface area (Å²) in [5.74, 6) is 0.749. The number of aromatic nitrogens is 3. The molecule has 3 aromatic rings. The lowest BCUT2D eigenvalue weighted by Gasteiger charge is -2.13. The van der Waals surface area contributed by atoms with Crippen molar-refractivity contribution >= 4 is 22.5 Å². The van der Waals surface area contributed by atoms with Gasteiger partial charge in [0, 0.05) is 43.3 Å². The van der Waals surface area contributed by atoms with E-state index in [0.29, 0.717) is 19.6 Å². The van der Waals surface area contributed by atoms with Crippen LogP contribution in [0.15, 0.2) is 29.1 Å². The van der Waals surface area contributed by atoms with Gasteiger partial charge in [0.15, 0.2) is 0 Å². The molecule has 3 heterocycles. The van der Waals surface area contributed by atoms with Gasteiger partial charge in [0.05, 0.1) is 16.3 Å². The van der Waals surface area contributed by atoms with Crippen molar-refractivity contribution in [3.05, 3.63) is 62.4 Å². The smallest absolute Gasteiger partial charge is 0.258 e. The molecule has 23 heavy (non-hydrogen) atoms. The minimum atomic E-state index is 0.0535. The van der Waals surface area contributed by atoms with Gasteiger partial charge < -0.3 is 4.98 Å². The molecular formula is C17H17ClN4O. The van der Waals surface area contributed by atoms with Crippen LogP contribution >= 0.6 is 11.6 Å². The monoisotopic (exact) mass is 328 g/mol. The molecule has 1 aliphatic rings. The van der Waals surface area contributed by atoms with E-state index in [0.717, 1.165) is 38.7 Å². The maximum Gasteiger partial charge on any atom is 0.258 e. The Morgan fingerprint density at radius 3 is 2.87 bits per heavy atom. The molecule has 0 unspecified atom stereocenters. The Hall–Kier alpha value is -2.11. The number of halogens is 1. The first-order valence-corrected chi connectivity index (χ1v) is 7.95. The molecule has 0 saturated carbocycles. The van der Waals surface area contributed by atoms with Crippen LogP contribution in [0.4, 0.5) is 0 Å². The van der Waals surface area contributed by atoms with Crippen LogP contribution in [0, 0.1) is 6.92 Å². The molecule has 0 bridgehead atoms. The van der Waals surface area contributed by atoms with Gasteiger partial charge in [0.25, 0.3) is 5.56 Å². The summed E-state index contributed by atoms with van der Waals surface area (Å²) in [7, 11) is 1.77. The number of hydrogen-bond donors (Lipinski definition) is 1. The van der Waals surface area contributed by atoms with Gasteiger partial charge in [-0.3, -0.25) is 14.3 Å². The van der Waals surface area contributed by atoms with Crippen molar-refractivity contribution in [3.8, 4) is 0 Å². The van der Waals surface area contributed by atoms with Gasteiger partial charge in [0.2, 0.25) is 0 Å². The standard InChI is InChI=1S/C17H17ClN4O/c1-10-19-14-8-22(7-12(14)17(23)21(10)2)9-15-16(18)11-5-3-4-6-13(11)20-15/h3-6,20H,7-9H2,1-2H3. The van der Waals surface area contributed by atoms with E-state index in [4.69, 9.17) is 11.6 Å². The highest BCUT2D eigenvalue weighted by Gasteiger charge is 2.25. The summed E-state index contributed by atoms with van der Waals surface area (Å²) in [6.45, 7) is 3.82. The first kappa shape index (κ1) is 14.5. The van der Waals surface area contributed by atoms with E-state index >= 15 is 0 Å². The predicted octanol–water partition coefficient (Wildman–Crippen LogP) is 2.74. The summed E-state index contributed by atoms with van der Waals surface area (Å²) < 4.78 is 1.61. The number of H-pyrrole nitrogens is 1. The van der Waals surface area contributed by atoms with E-state index in [1.807, 2.05) is 31.2 Å². The maximum atomic E-state index is 12.3. The summed E-state index contributed by atoms with van der Waals surface area (Å²) in [4.78, 5) is 22.5. The van der Waals surface area contributed by atoms with E-state index in [9.17, 15) is 4.79 Å². The second-order valence-electron chi connectivity index (χ2n) is 6.06. The first-order valence-electron chi connectivity index (χ1n) is 7.57. The van der Waals surface area contributed by atoms with E-state index < -0.39 is 0 Å². The van der Waals surface area contributed by atoms with Gasteiger partial charge in [0.1, 0.15) is 5.82 Å². The maximum absolute atomic E-state index is 12.3. The van der Waals surface area contributed by atoms with Crippen molar-refractivity contribution < 1.29 is 0 Å². The number of nitrogens with one attached hydrogen (secondary N) is 1. The lowest BCUT2D eigenvalue weighted by molar-refractivity contribution is 0.271. The Morgan fingerprint density at radius 2 is 2.09 bits per heavy atom. The first-order chi connectivity index (χ1) is 11.0. The molecule has 1 aromatic carbocycles. The lowest BCUT2D eigenvalue weighted by Crippen LogP contribution is -2.25. The Balaban J connectivity index is 1.65. The summed E-state index contributed by atoms with van der Waals surface area (Å²) in [5.41, 5.74) is 3.75. The molecule has 0 amide bonds. The van der Waals surface area contributed by atoms with Gasteiger partial charge in [-0.25, -0.2) is 4.98 Å². The SMILES string of the molecule is Cc1nc2c(c(=O)n1C)CN(Cc1[nH]c3ccccc3c1Cl)C2. The van der Waals surface area contributed by atoms with E-state index in [2.05, 4.69) is 14.9 Å². The van der Waals surface area contributed by atoms with Gasteiger partial charge in [-0.1, -0.05) is 29.8 Å². The average Bonchev–Trinajstić information content (AvgIpc) is 3.08. The van der Waals surface area contributed by atoms with Crippen LogP contribution in [0.3, 0.4) is 0 Å². The summed E-state index contributed by atoms with van der Waals surface area (Å²) in [6.07, 6.45) is 0. The number of aryl methyl sites for hydroxylation is 1. The van der Waals surface area contributed by atoms with Crippen molar-refractivity contribution in [2.75, 3.05) is 0 Å². The molecule has 0 spiro atoms. The second kappa shape index (κ2) is 5.22. The predicted molar refractivity (Wildman–Crippen MR) is 90.5 cm³/mol. The number of aromatic amines is 1. The Bertz CT molecular complexity index is 973. The molecule has 1 N–H and O–H groups in total. The molecule has 4 rings (SSSR count). The lowest BCUT2D eigenvalue weighted by atomic mass is 10.2. The van der Waals surface area contributed by atoms with Crippen molar-refractivity contribution in [1.82, 2.24) is 19.4 Å². The average molecular weight is 329 g/mol. The Morgan fingerprint density at radius 1 is 1.30 bits per heavy atom. The molecule has 0 atom stereocenters. The van der Waals surface area contributed by atoms with E-state index in [1.165, 1.54) is 0 Å². The van der Waals surface area contributed by atoms with Crippen molar-refractivity contribution in [2.24, 2.45) is 7.05 Å². The molecule has 6 heteroatoms. The third kappa shape index (κ3) is 2.28.